The number of nitrogens with two attached hydrogens (primary N) is 1. The van der Waals surface area contributed by atoms with Gasteiger partial charge in [-0.3, -0.25) is 0 Å². The van der Waals surface area contributed by atoms with Gasteiger partial charge in [0.2, 0.25) is 0 Å². The zero-order valence-electron chi connectivity index (χ0n) is 19.7. The first-order valence-electron chi connectivity index (χ1n) is 12.0. The number of amidine groups is 1. The van der Waals surface area contributed by atoms with E-state index in [2.05, 4.69) is 77.3 Å². The van der Waals surface area contributed by atoms with Crippen LogP contribution in [0.5, 0.6) is 0 Å². The summed E-state index contributed by atoms with van der Waals surface area (Å²) in [5.41, 5.74) is 17.6. The number of hydrogen-bond acceptors (Lipinski definition) is 3. The van der Waals surface area contributed by atoms with Crippen LogP contribution in [0.25, 0.3) is 44.2 Å². The summed E-state index contributed by atoms with van der Waals surface area (Å²) in [6.07, 6.45) is 0. The number of nitrogens with one attached hydrogen (secondary N) is 1. The van der Waals surface area contributed by atoms with Crippen LogP contribution in [0, 0.1) is 0 Å². The third-order valence-electron chi connectivity index (χ3n) is 6.40. The monoisotopic (exact) mass is 467 g/mol. The summed E-state index contributed by atoms with van der Waals surface area (Å²) in [5.74, 6) is 0.423. The standard InChI is InChI=1S/C32H25N3O/c33-32(35-34-21-22-8-3-1-4-9-22)27-15-17-29-28-16-14-26(19-30(28)36-31(29)20-27)25-13-7-12-24(18-25)23-10-5-2-6-11-23/h1-20,34H,21H2,(H2,33,35). The number of fused-ring (bicyclic) bond motifs is 3. The number of benzene rings is 5. The van der Waals surface area contributed by atoms with Gasteiger partial charge in [0.25, 0.3) is 0 Å². The lowest BCUT2D eigenvalue weighted by atomic mass is 9.98. The van der Waals surface area contributed by atoms with Crippen molar-refractivity contribution in [3.05, 3.63) is 132 Å². The van der Waals surface area contributed by atoms with Gasteiger partial charge in [0.15, 0.2) is 5.84 Å². The maximum Gasteiger partial charge on any atom is 0.150 e. The molecule has 1 heterocycles. The Kier molecular flexibility index (Phi) is 5.68. The zero-order chi connectivity index (χ0) is 24.3. The van der Waals surface area contributed by atoms with Gasteiger partial charge in [-0.25, -0.2) is 0 Å². The molecule has 0 aliphatic carbocycles. The molecule has 0 saturated heterocycles. The predicted octanol–water partition coefficient (Wildman–Crippen LogP) is 7.33. The van der Waals surface area contributed by atoms with Crippen LogP contribution in [-0.2, 0) is 6.54 Å². The van der Waals surface area contributed by atoms with E-state index in [1.807, 2.05) is 54.6 Å². The molecule has 0 amide bonds. The van der Waals surface area contributed by atoms with Gasteiger partial charge < -0.3 is 15.6 Å². The normalized spacial score (nSPS) is 11.7. The Morgan fingerprint density at radius 3 is 2.00 bits per heavy atom. The van der Waals surface area contributed by atoms with Crippen LogP contribution in [0.4, 0.5) is 0 Å². The maximum absolute atomic E-state index is 6.26. The molecule has 0 radical (unpaired) electrons. The van der Waals surface area contributed by atoms with E-state index in [4.69, 9.17) is 10.2 Å². The van der Waals surface area contributed by atoms with Crippen LogP contribution < -0.4 is 11.2 Å². The molecule has 0 saturated carbocycles. The van der Waals surface area contributed by atoms with Crippen molar-refractivity contribution >= 4 is 27.8 Å². The number of nitrogens with zero attached hydrogens (tertiary/aromatic N) is 1. The van der Waals surface area contributed by atoms with Gasteiger partial charge in [-0.15, -0.1) is 0 Å². The second kappa shape index (κ2) is 9.43. The summed E-state index contributed by atoms with van der Waals surface area (Å²) in [6, 6.07) is 41.5. The van der Waals surface area contributed by atoms with Crippen molar-refractivity contribution in [3.8, 4) is 22.3 Å². The largest absolute Gasteiger partial charge is 0.456 e. The van der Waals surface area contributed by atoms with Crippen molar-refractivity contribution < 1.29 is 4.42 Å². The van der Waals surface area contributed by atoms with E-state index in [-0.39, 0.29) is 0 Å². The van der Waals surface area contributed by atoms with Crippen LogP contribution in [0.3, 0.4) is 0 Å². The smallest absolute Gasteiger partial charge is 0.150 e. The zero-order valence-corrected chi connectivity index (χ0v) is 19.7. The lowest BCUT2D eigenvalue weighted by Crippen LogP contribution is -2.18. The van der Waals surface area contributed by atoms with Gasteiger partial charge in [-0.05, 0) is 58.1 Å². The summed E-state index contributed by atoms with van der Waals surface area (Å²) in [7, 11) is 0. The van der Waals surface area contributed by atoms with E-state index in [0.29, 0.717) is 12.4 Å². The molecule has 3 N–H and O–H groups in total. The first-order chi connectivity index (χ1) is 17.7. The SMILES string of the molecule is NC(=NNCc1ccccc1)c1ccc2c(c1)oc1cc(-c3cccc(-c4ccccc4)c3)ccc12. The molecule has 6 aromatic rings. The number of rotatable bonds is 6. The Morgan fingerprint density at radius 2 is 1.22 bits per heavy atom. The number of furan rings is 1. The Hall–Kier alpha value is -4.83. The van der Waals surface area contributed by atoms with Gasteiger partial charge in [0.05, 0.1) is 6.54 Å². The third kappa shape index (κ3) is 4.32. The van der Waals surface area contributed by atoms with E-state index < -0.39 is 0 Å². The van der Waals surface area contributed by atoms with Crippen molar-refractivity contribution in [1.29, 1.82) is 0 Å². The van der Waals surface area contributed by atoms with Crippen LogP contribution in [-0.4, -0.2) is 5.84 Å². The van der Waals surface area contributed by atoms with Crippen LogP contribution >= 0.6 is 0 Å². The maximum atomic E-state index is 6.26. The molecule has 5 aromatic carbocycles. The Balaban J connectivity index is 1.29. The summed E-state index contributed by atoms with van der Waals surface area (Å²) in [6.45, 7) is 0.614. The fourth-order valence-corrected chi connectivity index (χ4v) is 4.50. The van der Waals surface area contributed by atoms with Crippen molar-refractivity contribution in [2.75, 3.05) is 0 Å². The summed E-state index contributed by atoms with van der Waals surface area (Å²) in [4.78, 5) is 0. The first kappa shape index (κ1) is 21.7. The summed E-state index contributed by atoms with van der Waals surface area (Å²) in [5, 5.41) is 6.48. The highest BCUT2D eigenvalue weighted by molar-refractivity contribution is 6.08. The molecule has 0 spiro atoms. The molecule has 0 aliphatic rings. The molecule has 174 valence electrons. The topological polar surface area (TPSA) is 63.5 Å². The first-order valence-corrected chi connectivity index (χ1v) is 12.0. The van der Waals surface area contributed by atoms with Crippen molar-refractivity contribution in [1.82, 2.24) is 5.43 Å². The van der Waals surface area contributed by atoms with Crippen molar-refractivity contribution in [3.63, 3.8) is 0 Å². The molecule has 0 atom stereocenters. The Morgan fingerprint density at radius 1 is 0.611 bits per heavy atom. The number of hydrogen-bond donors (Lipinski definition) is 2. The molecule has 1 aromatic heterocycles. The fourth-order valence-electron chi connectivity index (χ4n) is 4.50. The highest BCUT2D eigenvalue weighted by Crippen LogP contribution is 2.34. The lowest BCUT2D eigenvalue weighted by Gasteiger charge is -2.06. The van der Waals surface area contributed by atoms with Crippen molar-refractivity contribution in [2.45, 2.75) is 6.54 Å². The highest BCUT2D eigenvalue weighted by Gasteiger charge is 2.11. The second-order valence-corrected chi connectivity index (χ2v) is 8.79. The van der Waals surface area contributed by atoms with Gasteiger partial charge in [0.1, 0.15) is 11.2 Å². The number of hydrazone groups is 1. The van der Waals surface area contributed by atoms with Gasteiger partial charge in [0, 0.05) is 16.3 Å². The molecule has 4 heteroatoms. The molecule has 0 unspecified atom stereocenters. The minimum atomic E-state index is 0.423. The molecule has 4 nitrogen and oxygen atoms in total. The lowest BCUT2D eigenvalue weighted by molar-refractivity contribution is 0.669. The molecule has 0 aliphatic heterocycles. The molecule has 0 bridgehead atoms. The van der Waals surface area contributed by atoms with Gasteiger partial charge >= 0.3 is 0 Å². The van der Waals surface area contributed by atoms with Crippen LogP contribution in [0.2, 0.25) is 0 Å². The molecular weight excluding hydrogens is 442 g/mol. The molecular formula is C32H25N3O. The van der Waals surface area contributed by atoms with Crippen molar-refractivity contribution in [2.24, 2.45) is 10.8 Å². The molecule has 6 rings (SSSR count). The van der Waals surface area contributed by atoms with E-state index in [1.165, 1.54) is 11.1 Å². The summed E-state index contributed by atoms with van der Waals surface area (Å²) >= 11 is 0. The second-order valence-electron chi connectivity index (χ2n) is 8.79. The molecule has 36 heavy (non-hydrogen) atoms. The minimum Gasteiger partial charge on any atom is -0.456 e. The molecule has 0 fully saturated rings. The minimum absolute atomic E-state index is 0.423. The quantitative estimate of drug-likeness (QED) is 0.153. The van der Waals surface area contributed by atoms with E-state index in [1.54, 1.807) is 0 Å². The van der Waals surface area contributed by atoms with Gasteiger partial charge in [-0.2, -0.15) is 5.10 Å². The Labute approximate surface area is 209 Å². The van der Waals surface area contributed by atoms with Gasteiger partial charge in [-0.1, -0.05) is 91.0 Å². The van der Waals surface area contributed by atoms with E-state index >= 15 is 0 Å². The summed E-state index contributed by atoms with van der Waals surface area (Å²) < 4.78 is 6.26. The fraction of sp³-hybridized carbons (Fsp3) is 0.0312. The average molecular weight is 468 g/mol. The highest BCUT2D eigenvalue weighted by atomic mass is 16.3. The average Bonchev–Trinajstić information content (AvgIpc) is 3.31. The van der Waals surface area contributed by atoms with Crippen LogP contribution in [0.1, 0.15) is 11.1 Å². The van der Waals surface area contributed by atoms with E-state index in [0.717, 1.165) is 44.2 Å². The predicted molar refractivity (Wildman–Crippen MR) is 149 cm³/mol. The van der Waals surface area contributed by atoms with Crippen LogP contribution in [0.15, 0.2) is 131 Å². The Bertz CT molecular complexity index is 1690. The van der Waals surface area contributed by atoms with E-state index in [9.17, 15) is 0 Å². The third-order valence-corrected chi connectivity index (χ3v) is 6.40.